The van der Waals surface area contributed by atoms with E-state index in [1.807, 2.05) is 6.92 Å². The van der Waals surface area contributed by atoms with Gasteiger partial charge in [-0.05, 0) is 198 Å². The van der Waals surface area contributed by atoms with E-state index in [-0.39, 0.29) is 274 Å². The Morgan fingerprint density at radius 2 is 0.524 bits per heavy atom. The van der Waals surface area contributed by atoms with Gasteiger partial charge in [0.1, 0.15) is 90.6 Å². The van der Waals surface area contributed by atoms with Crippen molar-refractivity contribution in [2.75, 3.05) is 91.6 Å². The summed E-state index contributed by atoms with van der Waals surface area (Å²) in [6, 6.07) is -19.6. The molecule has 0 aliphatic carbocycles. The molecule has 15 amide bonds. The van der Waals surface area contributed by atoms with Crippen LogP contribution in [0, 0.1) is 49.7 Å². The summed E-state index contributed by atoms with van der Waals surface area (Å²) in [5, 5.41) is 105. The molecule has 0 saturated carbocycles. The number of aliphatic carboxylic acids is 1. The summed E-state index contributed by atoms with van der Waals surface area (Å²) < 4.78 is 0. The number of amides is 15. The zero-order chi connectivity index (χ0) is 105. The molecule has 143 heavy (non-hydrogen) atoms. The molecule has 7 rings (SSSR count). The molecule has 0 bridgehead atoms. The first kappa shape index (κ1) is 116. The summed E-state index contributed by atoms with van der Waals surface area (Å²) in [4.78, 5) is 244. The minimum atomic E-state index is -1.40. The zero-order valence-electron chi connectivity index (χ0n) is 82.7. The number of hydrogen-bond donors (Lipinski definition) is 31. The van der Waals surface area contributed by atoms with Gasteiger partial charge >= 0.3 is 5.97 Å². The Morgan fingerprint density at radius 1 is 0.294 bits per heavy atom. The van der Waals surface area contributed by atoms with E-state index in [9.17, 15) is 48.3 Å². The Labute approximate surface area is 832 Å². The third-order valence-corrected chi connectivity index (χ3v) is 26.9. The highest BCUT2D eigenvalue weighted by atomic mass is 16.4. The number of nitrogens with zero attached hydrogens (tertiary/aromatic N) is 7. The molecule has 54 heteroatoms. The lowest BCUT2D eigenvalue weighted by Gasteiger charge is -2.35. The summed E-state index contributed by atoms with van der Waals surface area (Å²) in [5.74, 6) is -14.7. The molecule has 7 heterocycles. The lowest BCUT2D eigenvalue weighted by Crippen LogP contribution is -2.61. The van der Waals surface area contributed by atoms with Gasteiger partial charge in [0, 0.05) is 91.6 Å². The molecule has 0 unspecified atom stereocenters. The summed E-state index contributed by atoms with van der Waals surface area (Å²) in [7, 11) is 0. The van der Waals surface area contributed by atoms with Crippen molar-refractivity contribution < 1.29 is 81.8 Å². The molecule has 7 aliphatic rings. The van der Waals surface area contributed by atoms with E-state index >= 15 is 33.6 Å². The quantitative estimate of drug-likeness (QED) is 0.0153. The SMILES string of the molecule is CC[C@H](C)[C@H](NC(=O)[C@H](CCCNC(=N)N)NC(=O)[C@@H](N)CCCNC(=N)N)C(=O)N1CCC[C@H]1C(=O)N1CCC[C@H]1C(=O)N[C@@H](CCCNC(=N)N)C(=O)N1CCC[C@H]1C(=O)N1CCC[C@H]1C(=O)N[C@@H](CCCNC(=N)N)C(=O)N[C@@H](CC(C)C)C(=O)N1CCC[C@H]1C(=O)N[C@@H](CCCNC(=N)N)C(=O)N1CCC[C@H]1C(=O)N[C@@H](CCCNC(=N)N)C(=O)N1CCC[C@H]1C(=O)N[C@@H](CCCNC(=N)N)C(=O)O. The number of carboxylic acid groups (broad SMARTS) is 1. The predicted molar refractivity (Wildman–Crippen MR) is 527 cm³/mol. The summed E-state index contributed by atoms with van der Waals surface area (Å²) in [6.45, 7) is 8.58. The van der Waals surface area contributed by atoms with Crippen molar-refractivity contribution in [3.63, 3.8) is 0 Å². The lowest BCUT2D eigenvalue weighted by atomic mass is 9.96. The largest absolute Gasteiger partial charge is 0.480 e. The maximum Gasteiger partial charge on any atom is 0.326 e. The second-order valence-corrected chi connectivity index (χ2v) is 38.1. The molecule has 0 aromatic heterocycles. The molecule has 0 spiro atoms. The van der Waals surface area contributed by atoms with Crippen LogP contribution in [0.2, 0.25) is 0 Å². The summed E-state index contributed by atoms with van der Waals surface area (Å²) in [6.07, 6.45) is 5.17. The molecule has 17 atom stereocenters. The third kappa shape index (κ3) is 35.8. The van der Waals surface area contributed by atoms with Gasteiger partial charge < -0.3 is 165 Å². The monoisotopic (exact) mass is 2020 g/mol. The van der Waals surface area contributed by atoms with Crippen LogP contribution < -0.4 is 126 Å². The van der Waals surface area contributed by atoms with E-state index in [0.717, 1.165) is 0 Å². The second-order valence-electron chi connectivity index (χ2n) is 38.1. The Bertz CT molecular complexity index is 4490. The molecule has 0 aromatic rings. The Morgan fingerprint density at radius 3 is 0.825 bits per heavy atom. The fourth-order valence-electron chi connectivity index (χ4n) is 19.4. The molecule has 0 radical (unpaired) electrons. The van der Waals surface area contributed by atoms with Crippen molar-refractivity contribution >= 4 is 136 Å². The average molecular weight is 2020 g/mol. The van der Waals surface area contributed by atoms with E-state index < -0.39 is 197 Å². The summed E-state index contributed by atoms with van der Waals surface area (Å²) >= 11 is 0. The van der Waals surface area contributed by atoms with Gasteiger partial charge in [0.05, 0.1) is 6.04 Å². The number of carbonyl (C=O) groups excluding carboxylic acids is 15. The maximum atomic E-state index is 15.3. The minimum Gasteiger partial charge on any atom is -0.480 e. The van der Waals surface area contributed by atoms with Crippen molar-refractivity contribution in [1.82, 2.24) is 114 Å². The van der Waals surface area contributed by atoms with E-state index in [0.29, 0.717) is 57.8 Å². The van der Waals surface area contributed by atoms with Crippen LogP contribution in [0.3, 0.4) is 0 Å². The highest BCUT2D eigenvalue weighted by molar-refractivity contribution is 6.02. The van der Waals surface area contributed by atoms with Crippen LogP contribution in [-0.4, -0.2) is 364 Å². The Kier molecular flexibility index (Phi) is 47.2. The molecule has 7 fully saturated rings. The van der Waals surface area contributed by atoms with Crippen LogP contribution >= 0.6 is 0 Å². The number of guanidine groups is 7. The van der Waals surface area contributed by atoms with Gasteiger partial charge in [0.15, 0.2) is 41.7 Å². The predicted octanol–water partition coefficient (Wildman–Crippen LogP) is -7.85. The van der Waals surface area contributed by atoms with Crippen LogP contribution in [0.25, 0.3) is 0 Å². The van der Waals surface area contributed by atoms with E-state index in [1.165, 1.54) is 34.3 Å². The highest BCUT2D eigenvalue weighted by Crippen LogP contribution is 2.32. The molecule has 54 nitrogen and oxygen atoms in total. The van der Waals surface area contributed by atoms with Crippen molar-refractivity contribution in [2.24, 2.45) is 57.7 Å². The molecule has 39 N–H and O–H groups in total. The molecule has 0 aromatic carbocycles. The number of likely N-dealkylation sites (tertiary alicyclic amines) is 7. The van der Waals surface area contributed by atoms with E-state index in [4.69, 9.17) is 83.7 Å². The lowest BCUT2D eigenvalue weighted by molar-refractivity contribution is -0.150. The number of nitrogens with one attached hydrogen (secondary N) is 22. The van der Waals surface area contributed by atoms with E-state index in [1.54, 1.807) is 20.8 Å². The number of rotatable bonds is 56. The topological polar surface area (TPSA) is 872 Å². The van der Waals surface area contributed by atoms with Gasteiger partial charge in [-0.2, -0.15) is 0 Å². The van der Waals surface area contributed by atoms with Gasteiger partial charge in [0.25, 0.3) is 0 Å². The maximum absolute atomic E-state index is 15.3. The molecular weight excluding hydrogens is 1860 g/mol. The standard InChI is InChI=1S/C89H157N37O17/c1-5-50(4)66(119-69(129)53(22-8-36-107-85(95)96)112-67(127)51(90)20-6-34-105-83(91)92)81(141)126-47-19-33-65(126)80(140)124-45-17-31-63(124)73(133)116-56(25-11-39-110-88(101)102)77(137)125-46-18-32-64(125)79(139)123-44-16-30-62(123)70(130)113-52(21-7-35-106-84(93)94)68(128)118-58(48-49(2)3)78(138)122-43-15-28-60(122)72(132)115-54(23-9-37-108-86(97)98)75(135)120-41-13-27-59(120)71(131)114-55(24-10-38-109-87(99)100)76(136)121-42-14-29-61(121)74(134)117-57(82(142)143)26-12-40-111-89(103)104/h49-66H,5-48,90H2,1-4H3,(H,112,127)(H,113,130)(H,114,131)(H,115,132)(H,116,133)(H,117,134)(H,118,128)(H,119,129)(H,142,143)(H4,91,92,105)(H4,93,94,106)(H4,95,96,107)(H4,97,98,108)(H4,99,100,109)(H4,101,102,110)(H4,103,104,111)/t50-,51-,52-,53-,54-,55-,56-,57-,58-,59-,60-,61-,62-,63-,64-,65-,66-/m0/s1. The van der Waals surface area contributed by atoms with Gasteiger partial charge in [-0.3, -0.25) is 110 Å². The Hall–Kier alpha value is -13.6. The van der Waals surface area contributed by atoms with E-state index in [2.05, 4.69) is 79.8 Å². The van der Waals surface area contributed by atoms with Gasteiger partial charge in [-0.1, -0.05) is 34.1 Å². The highest BCUT2D eigenvalue weighted by Gasteiger charge is 2.50. The fraction of sp³-hybridized carbons (Fsp3) is 0.742. The number of carboxylic acids is 1. The van der Waals surface area contributed by atoms with Crippen molar-refractivity contribution in [1.29, 1.82) is 37.9 Å². The smallest absolute Gasteiger partial charge is 0.326 e. The van der Waals surface area contributed by atoms with Crippen LogP contribution in [-0.2, 0) is 76.7 Å². The molecular formula is C89H157N37O17. The van der Waals surface area contributed by atoms with Crippen LogP contribution in [0.1, 0.15) is 220 Å². The number of hydrogen-bond acceptors (Lipinski definition) is 24. The fourth-order valence-corrected chi connectivity index (χ4v) is 19.4. The molecule has 7 aliphatic heterocycles. The minimum absolute atomic E-state index is 0.0200. The first-order valence-corrected chi connectivity index (χ1v) is 50.0. The zero-order valence-corrected chi connectivity index (χ0v) is 82.7. The van der Waals surface area contributed by atoms with Gasteiger partial charge in [-0.25, -0.2) is 4.79 Å². The first-order chi connectivity index (χ1) is 67.9. The van der Waals surface area contributed by atoms with Crippen molar-refractivity contribution in [3.8, 4) is 0 Å². The molecule has 7 saturated heterocycles. The van der Waals surface area contributed by atoms with Crippen LogP contribution in [0.5, 0.6) is 0 Å². The summed E-state index contributed by atoms with van der Waals surface area (Å²) in [5.41, 5.74) is 45.0. The first-order valence-electron chi connectivity index (χ1n) is 50.0. The van der Waals surface area contributed by atoms with Gasteiger partial charge in [-0.15, -0.1) is 0 Å². The number of carbonyl (C=O) groups is 16. The van der Waals surface area contributed by atoms with Crippen LogP contribution in [0.15, 0.2) is 0 Å². The Balaban J connectivity index is 1.04. The molecule has 800 valence electrons. The van der Waals surface area contributed by atoms with Crippen LogP contribution in [0.4, 0.5) is 0 Å². The normalized spacial score (nSPS) is 20.7. The average Bonchev–Trinajstić information content (AvgIpc) is 1.64. The second kappa shape index (κ2) is 58.1. The third-order valence-electron chi connectivity index (χ3n) is 26.9. The number of nitrogens with two attached hydrogens (primary N) is 8. The van der Waals surface area contributed by atoms with Crippen molar-refractivity contribution in [3.05, 3.63) is 0 Å². The van der Waals surface area contributed by atoms with Crippen molar-refractivity contribution in [2.45, 2.75) is 317 Å². The van der Waals surface area contributed by atoms with Gasteiger partial charge in [0.2, 0.25) is 88.6 Å².